The van der Waals surface area contributed by atoms with E-state index in [1.54, 1.807) is 11.9 Å². The van der Waals surface area contributed by atoms with Crippen LogP contribution in [-0.4, -0.2) is 34.9 Å². The predicted octanol–water partition coefficient (Wildman–Crippen LogP) is 1.76. The van der Waals surface area contributed by atoms with Gasteiger partial charge in [-0.2, -0.15) is 0 Å². The standard InChI is InChI=1S/C6H10F2IN/c1-10-3-5(9)2-6(7,8)4-10/h5H,2-4H2,1H3/t5-/m1/s1. The van der Waals surface area contributed by atoms with Crippen LogP contribution in [-0.2, 0) is 0 Å². The lowest BCUT2D eigenvalue weighted by Crippen LogP contribution is -2.45. The van der Waals surface area contributed by atoms with Crippen molar-refractivity contribution >= 4 is 22.6 Å². The second-order valence-corrected chi connectivity index (χ2v) is 4.62. The van der Waals surface area contributed by atoms with Crippen molar-refractivity contribution in [3.8, 4) is 0 Å². The van der Waals surface area contributed by atoms with Gasteiger partial charge in [-0.3, -0.25) is 4.90 Å². The molecule has 1 atom stereocenters. The van der Waals surface area contributed by atoms with E-state index in [1.807, 2.05) is 0 Å². The van der Waals surface area contributed by atoms with Gasteiger partial charge in [-0.25, -0.2) is 8.78 Å². The first-order valence-electron chi connectivity index (χ1n) is 3.20. The summed E-state index contributed by atoms with van der Waals surface area (Å²) in [6.07, 6.45) is 0.0396. The molecule has 10 heavy (non-hydrogen) atoms. The van der Waals surface area contributed by atoms with E-state index in [0.717, 1.165) is 6.54 Å². The van der Waals surface area contributed by atoms with Gasteiger partial charge in [0.05, 0.1) is 6.54 Å². The minimum atomic E-state index is -2.46. The van der Waals surface area contributed by atoms with Crippen LogP contribution in [0.3, 0.4) is 0 Å². The number of likely N-dealkylation sites (tertiary alicyclic amines) is 1. The van der Waals surface area contributed by atoms with Crippen LogP contribution in [0.2, 0.25) is 0 Å². The van der Waals surface area contributed by atoms with E-state index in [4.69, 9.17) is 0 Å². The molecular weight excluding hydrogens is 251 g/mol. The Morgan fingerprint density at radius 1 is 1.60 bits per heavy atom. The van der Waals surface area contributed by atoms with E-state index in [0.29, 0.717) is 0 Å². The molecule has 0 aromatic heterocycles. The average Bonchev–Trinajstić information content (AvgIpc) is 1.54. The summed E-state index contributed by atoms with van der Waals surface area (Å²) in [4.78, 5) is 1.68. The van der Waals surface area contributed by atoms with E-state index >= 15 is 0 Å². The molecule has 60 valence electrons. The maximum atomic E-state index is 12.7. The lowest BCUT2D eigenvalue weighted by molar-refractivity contribution is -0.0528. The molecule has 0 bridgehead atoms. The normalized spacial score (nSPS) is 34.2. The summed E-state index contributed by atoms with van der Waals surface area (Å²) >= 11 is 2.08. The first kappa shape index (κ1) is 8.64. The van der Waals surface area contributed by atoms with E-state index in [-0.39, 0.29) is 16.9 Å². The van der Waals surface area contributed by atoms with Crippen molar-refractivity contribution in [1.82, 2.24) is 4.90 Å². The number of halogens is 3. The van der Waals surface area contributed by atoms with E-state index in [1.165, 1.54) is 0 Å². The third-order valence-corrected chi connectivity index (χ3v) is 2.37. The van der Waals surface area contributed by atoms with Crippen LogP contribution in [0.15, 0.2) is 0 Å². The predicted molar refractivity (Wildman–Crippen MR) is 44.9 cm³/mol. The number of piperidine rings is 1. The van der Waals surface area contributed by atoms with Crippen LogP contribution < -0.4 is 0 Å². The van der Waals surface area contributed by atoms with Gasteiger partial charge in [-0.15, -0.1) is 0 Å². The van der Waals surface area contributed by atoms with Crippen LogP contribution >= 0.6 is 22.6 Å². The van der Waals surface area contributed by atoms with E-state index in [2.05, 4.69) is 22.6 Å². The van der Waals surface area contributed by atoms with Gasteiger partial charge in [0, 0.05) is 16.9 Å². The Kier molecular flexibility index (Phi) is 2.50. The van der Waals surface area contributed by atoms with Crippen molar-refractivity contribution in [2.75, 3.05) is 20.1 Å². The summed E-state index contributed by atoms with van der Waals surface area (Å²) < 4.78 is 25.4. The largest absolute Gasteiger partial charge is 0.300 e. The highest BCUT2D eigenvalue weighted by molar-refractivity contribution is 14.1. The second kappa shape index (κ2) is 2.89. The Morgan fingerprint density at radius 3 is 2.60 bits per heavy atom. The molecule has 0 aliphatic carbocycles. The van der Waals surface area contributed by atoms with Crippen molar-refractivity contribution < 1.29 is 8.78 Å². The number of rotatable bonds is 0. The molecule has 0 saturated carbocycles. The summed E-state index contributed by atoms with van der Waals surface area (Å²) in [6, 6.07) is 0. The quantitative estimate of drug-likeness (QED) is 0.474. The van der Waals surface area contributed by atoms with E-state index in [9.17, 15) is 8.78 Å². The molecule has 0 aromatic rings. The summed E-state index contributed by atoms with van der Waals surface area (Å²) in [6.45, 7) is 0.711. The zero-order valence-electron chi connectivity index (χ0n) is 5.78. The molecule has 1 saturated heterocycles. The highest BCUT2D eigenvalue weighted by Gasteiger charge is 2.37. The molecule has 0 radical (unpaired) electrons. The smallest absolute Gasteiger partial charge is 0.261 e. The molecule has 1 rings (SSSR count). The zero-order valence-corrected chi connectivity index (χ0v) is 7.94. The average molecular weight is 261 g/mol. The minimum Gasteiger partial charge on any atom is -0.300 e. The third-order valence-electron chi connectivity index (χ3n) is 1.53. The van der Waals surface area contributed by atoms with Gasteiger partial charge < -0.3 is 0 Å². The van der Waals surface area contributed by atoms with Gasteiger partial charge in [-0.1, -0.05) is 22.6 Å². The van der Waals surface area contributed by atoms with Crippen LogP contribution in [0.5, 0.6) is 0 Å². The number of nitrogens with zero attached hydrogens (tertiary/aromatic N) is 1. The Bertz CT molecular complexity index is 117. The molecule has 1 heterocycles. The molecule has 0 amide bonds. The molecule has 0 aromatic carbocycles. The highest BCUT2D eigenvalue weighted by atomic mass is 127. The number of alkyl halides is 3. The minimum absolute atomic E-state index is 0.0396. The van der Waals surface area contributed by atoms with Crippen LogP contribution in [0.1, 0.15) is 6.42 Å². The maximum absolute atomic E-state index is 12.7. The highest BCUT2D eigenvalue weighted by Crippen LogP contribution is 2.29. The fourth-order valence-corrected chi connectivity index (χ4v) is 2.57. The molecular formula is C6H10F2IN. The van der Waals surface area contributed by atoms with Crippen LogP contribution in [0.4, 0.5) is 8.78 Å². The molecule has 0 spiro atoms. The Labute approximate surface area is 72.9 Å². The van der Waals surface area contributed by atoms with Gasteiger partial charge in [-0.05, 0) is 7.05 Å². The molecule has 4 heteroatoms. The third kappa shape index (κ3) is 2.30. The Balaban J connectivity index is 2.51. The summed E-state index contributed by atoms with van der Waals surface area (Å²) in [5.41, 5.74) is 0. The first-order chi connectivity index (χ1) is 4.49. The monoisotopic (exact) mass is 261 g/mol. The van der Waals surface area contributed by atoms with E-state index < -0.39 is 5.92 Å². The zero-order chi connectivity index (χ0) is 7.78. The van der Waals surface area contributed by atoms with Gasteiger partial charge in [0.2, 0.25) is 0 Å². The van der Waals surface area contributed by atoms with Crippen molar-refractivity contribution in [1.29, 1.82) is 0 Å². The van der Waals surface area contributed by atoms with Gasteiger partial charge in [0.15, 0.2) is 0 Å². The van der Waals surface area contributed by atoms with Crippen LogP contribution in [0, 0.1) is 0 Å². The Morgan fingerprint density at radius 2 is 2.20 bits per heavy atom. The molecule has 1 nitrogen and oxygen atoms in total. The van der Waals surface area contributed by atoms with Gasteiger partial charge in [0.25, 0.3) is 5.92 Å². The SMILES string of the molecule is CN1C[C@H](I)CC(F)(F)C1. The van der Waals surface area contributed by atoms with Crippen molar-refractivity contribution in [3.63, 3.8) is 0 Å². The summed E-state index contributed by atoms with van der Waals surface area (Å²) in [7, 11) is 1.73. The molecule has 1 fully saturated rings. The number of hydrogen-bond acceptors (Lipinski definition) is 1. The van der Waals surface area contributed by atoms with Gasteiger partial charge in [0.1, 0.15) is 0 Å². The molecule has 1 aliphatic rings. The fourth-order valence-electron chi connectivity index (χ4n) is 1.25. The lowest BCUT2D eigenvalue weighted by Gasteiger charge is -2.32. The lowest BCUT2D eigenvalue weighted by atomic mass is 10.1. The van der Waals surface area contributed by atoms with Crippen molar-refractivity contribution in [2.24, 2.45) is 0 Å². The topological polar surface area (TPSA) is 3.24 Å². The molecule has 1 aliphatic heterocycles. The van der Waals surface area contributed by atoms with Gasteiger partial charge >= 0.3 is 0 Å². The maximum Gasteiger partial charge on any atom is 0.261 e. The number of hydrogen-bond donors (Lipinski definition) is 0. The molecule has 0 unspecified atom stereocenters. The summed E-state index contributed by atoms with van der Waals surface area (Å²) in [5.74, 6) is -2.46. The fraction of sp³-hybridized carbons (Fsp3) is 1.00. The molecule has 0 N–H and O–H groups in total. The first-order valence-corrected chi connectivity index (χ1v) is 4.45. The van der Waals surface area contributed by atoms with Crippen molar-refractivity contribution in [3.05, 3.63) is 0 Å². The van der Waals surface area contributed by atoms with Crippen LogP contribution in [0.25, 0.3) is 0 Å². The van der Waals surface area contributed by atoms with Crippen molar-refractivity contribution in [2.45, 2.75) is 16.3 Å². The Hall–Kier alpha value is 0.550. The second-order valence-electron chi connectivity index (χ2n) is 2.85. The summed E-state index contributed by atoms with van der Waals surface area (Å²) in [5, 5.41) is 0.